The van der Waals surface area contributed by atoms with Gasteiger partial charge in [-0.25, -0.2) is 9.59 Å². The molecule has 0 aliphatic carbocycles. The highest BCUT2D eigenvalue weighted by Crippen LogP contribution is 1.94. The summed E-state index contributed by atoms with van der Waals surface area (Å²) >= 11 is 0. The van der Waals surface area contributed by atoms with E-state index in [0.29, 0.717) is 13.0 Å². The van der Waals surface area contributed by atoms with Gasteiger partial charge in [0.2, 0.25) is 0 Å². The van der Waals surface area contributed by atoms with Gasteiger partial charge in [-0.1, -0.05) is 13.2 Å². The average Bonchev–Trinajstić information content (AvgIpc) is 2.37. The molecule has 5 heteroatoms. The van der Waals surface area contributed by atoms with Crippen LogP contribution < -0.4 is 0 Å². The quantitative estimate of drug-likeness (QED) is 0.401. The number of carbonyl (C=O) groups excluding carboxylic acids is 2. The van der Waals surface area contributed by atoms with Gasteiger partial charge in [0.05, 0.1) is 19.8 Å². The maximum absolute atomic E-state index is 10.4. The van der Waals surface area contributed by atoms with Crippen molar-refractivity contribution in [2.75, 3.05) is 13.7 Å². The lowest BCUT2D eigenvalue weighted by atomic mass is 10.3. The van der Waals surface area contributed by atoms with E-state index >= 15 is 0 Å². The van der Waals surface area contributed by atoms with E-state index in [1.165, 1.54) is 7.11 Å². The highest BCUT2D eigenvalue weighted by Gasteiger charge is 1.93. The first-order chi connectivity index (χ1) is 8.12. The van der Waals surface area contributed by atoms with Crippen LogP contribution in [0.5, 0.6) is 0 Å². The topological polar surface area (TPSA) is 76.4 Å². The molecule has 0 aliphatic rings. The van der Waals surface area contributed by atoms with Gasteiger partial charge < -0.3 is 9.47 Å². The van der Waals surface area contributed by atoms with Crippen LogP contribution in [0.2, 0.25) is 0 Å². The number of unbranched alkanes of at least 4 members (excludes halogenated alkanes) is 2. The van der Waals surface area contributed by atoms with E-state index in [2.05, 4.69) is 22.6 Å². The van der Waals surface area contributed by atoms with Crippen molar-refractivity contribution in [2.24, 2.45) is 0 Å². The van der Waals surface area contributed by atoms with E-state index in [4.69, 9.17) is 5.26 Å². The summed E-state index contributed by atoms with van der Waals surface area (Å²) in [7, 11) is 1.31. The van der Waals surface area contributed by atoms with Crippen molar-refractivity contribution in [1.29, 1.82) is 5.26 Å². The van der Waals surface area contributed by atoms with Gasteiger partial charge in [-0.3, -0.25) is 0 Å². The van der Waals surface area contributed by atoms with Gasteiger partial charge in [0, 0.05) is 18.6 Å². The first-order valence-corrected chi connectivity index (χ1v) is 4.98. The summed E-state index contributed by atoms with van der Waals surface area (Å²) < 4.78 is 8.81. The first kappa shape index (κ1) is 17.3. The second-order valence-corrected chi connectivity index (χ2v) is 2.71. The van der Waals surface area contributed by atoms with Crippen LogP contribution in [-0.2, 0) is 19.1 Å². The molecule has 0 aromatic rings. The average molecular weight is 239 g/mol. The van der Waals surface area contributed by atoms with E-state index in [0.717, 1.165) is 25.0 Å². The van der Waals surface area contributed by atoms with Crippen molar-refractivity contribution in [1.82, 2.24) is 0 Å². The van der Waals surface area contributed by atoms with Crippen molar-refractivity contribution in [3.8, 4) is 6.07 Å². The lowest BCUT2D eigenvalue weighted by molar-refractivity contribution is -0.138. The summed E-state index contributed by atoms with van der Waals surface area (Å²) in [5.41, 5.74) is 0. The van der Waals surface area contributed by atoms with E-state index < -0.39 is 11.9 Å². The smallest absolute Gasteiger partial charge is 0.330 e. The minimum atomic E-state index is -0.401. The summed E-state index contributed by atoms with van der Waals surface area (Å²) in [5.74, 6) is -0.794. The summed E-state index contributed by atoms with van der Waals surface area (Å²) in [6.07, 6.45) is 4.28. The van der Waals surface area contributed by atoms with E-state index in [-0.39, 0.29) is 0 Å². The second-order valence-electron chi connectivity index (χ2n) is 2.71. The number of rotatable bonds is 6. The molecule has 0 amide bonds. The third-order valence-corrected chi connectivity index (χ3v) is 1.46. The van der Waals surface area contributed by atoms with Gasteiger partial charge >= 0.3 is 11.9 Å². The fourth-order valence-electron chi connectivity index (χ4n) is 0.621. The molecule has 0 aromatic carbocycles. The van der Waals surface area contributed by atoms with Gasteiger partial charge in [0.1, 0.15) is 0 Å². The summed E-state index contributed by atoms with van der Waals surface area (Å²) in [5, 5.41) is 8.15. The molecule has 0 aromatic heterocycles. The van der Waals surface area contributed by atoms with Crippen LogP contribution in [0.4, 0.5) is 0 Å². The van der Waals surface area contributed by atoms with Crippen LogP contribution >= 0.6 is 0 Å². The number of hydrogen-bond donors (Lipinski definition) is 0. The van der Waals surface area contributed by atoms with Gasteiger partial charge in [-0.15, -0.1) is 0 Å². The maximum Gasteiger partial charge on any atom is 0.330 e. The zero-order chi connectivity index (χ0) is 13.5. The Morgan fingerprint density at radius 1 is 1.24 bits per heavy atom. The standard InChI is InChI=1S/C8H11NO2.C4H6O2/c1-2-8(10)11-7-5-3-4-6-9;1-3-4(5)6-2/h2H,1,3-5,7H2;3H,1H2,2H3. The number of ether oxygens (including phenoxy) is 2. The Balaban J connectivity index is 0. The molecule has 0 N–H and O–H groups in total. The minimum Gasteiger partial charge on any atom is -0.466 e. The predicted molar refractivity (Wildman–Crippen MR) is 62.8 cm³/mol. The molecule has 0 saturated carbocycles. The molecule has 0 bridgehead atoms. The van der Waals surface area contributed by atoms with Gasteiger partial charge in [-0.05, 0) is 12.8 Å². The van der Waals surface area contributed by atoms with Crippen LogP contribution in [-0.4, -0.2) is 25.7 Å². The SMILES string of the molecule is C=CC(=O)OC.C=CC(=O)OCCCCC#N. The Labute approximate surface area is 101 Å². The Hall–Kier alpha value is -2.09. The molecule has 0 aliphatic heterocycles. The van der Waals surface area contributed by atoms with Gasteiger partial charge in [0.25, 0.3) is 0 Å². The van der Waals surface area contributed by atoms with Crippen molar-refractivity contribution in [3.05, 3.63) is 25.3 Å². The first-order valence-electron chi connectivity index (χ1n) is 4.98. The molecular weight excluding hydrogens is 222 g/mol. The second kappa shape index (κ2) is 13.9. The minimum absolute atomic E-state index is 0.381. The van der Waals surface area contributed by atoms with Crippen LogP contribution in [0.3, 0.4) is 0 Å². The van der Waals surface area contributed by atoms with Crippen LogP contribution in [0.25, 0.3) is 0 Å². The zero-order valence-corrected chi connectivity index (χ0v) is 9.98. The summed E-state index contributed by atoms with van der Waals surface area (Å²) in [6, 6.07) is 2.01. The normalized spacial score (nSPS) is 7.76. The Morgan fingerprint density at radius 3 is 2.18 bits per heavy atom. The molecule has 17 heavy (non-hydrogen) atoms. The van der Waals surface area contributed by atoms with Crippen molar-refractivity contribution in [3.63, 3.8) is 0 Å². The maximum atomic E-state index is 10.4. The number of nitriles is 1. The molecular formula is C12H17NO4. The highest BCUT2D eigenvalue weighted by atomic mass is 16.5. The molecule has 0 rings (SSSR count). The lowest BCUT2D eigenvalue weighted by Gasteiger charge is -1.98. The Bertz CT molecular complexity index is 291. The molecule has 0 spiro atoms. The number of carbonyl (C=O) groups is 2. The highest BCUT2D eigenvalue weighted by molar-refractivity contribution is 5.81. The van der Waals surface area contributed by atoms with Crippen LogP contribution in [0.15, 0.2) is 25.3 Å². The predicted octanol–water partition coefficient (Wildman–Crippen LogP) is 1.75. The Morgan fingerprint density at radius 2 is 1.82 bits per heavy atom. The Kier molecular flexibility index (Phi) is 14.2. The number of nitrogens with zero attached hydrogens (tertiary/aromatic N) is 1. The van der Waals surface area contributed by atoms with Crippen LogP contribution in [0.1, 0.15) is 19.3 Å². The van der Waals surface area contributed by atoms with E-state index in [1.54, 1.807) is 0 Å². The van der Waals surface area contributed by atoms with Crippen molar-refractivity contribution < 1.29 is 19.1 Å². The molecule has 0 heterocycles. The van der Waals surface area contributed by atoms with E-state index in [1.807, 2.05) is 6.07 Å². The lowest BCUT2D eigenvalue weighted by Crippen LogP contribution is -2.01. The monoisotopic (exact) mass is 239 g/mol. The fraction of sp³-hybridized carbons (Fsp3) is 0.417. The summed E-state index contributed by atoms with van der Waals surface area (Å²) in [6.45, 7) is 6.79. The van der Waals surface area contributed by atoms with Crippen molar-refractivity contribution in [2.45, 2.75) is 19.3 Å². The number of hydrogen-bond acceptors (Lipinski definition) is 5. The molecule has 0 atom stereocenters. The summed E-state index contributed by atoms with van der Waals surface area (Å²) in [4.78, 5) is 20.3. The molecule has 94 valence electrons. The number of methoxy groups -OCH3 is 1. The molecule has 0 unspecified atom stereocenters. The van der Waals surface area contributed by atoms with Crippen LogP contribution in [0, 0.1) is 11.3 Å². The van der Waals surface area contributed by atoms with Gasteiger partial charge in [0.15, 0.2) is 0 Å². The zero-order valence-electron chi connectivity index (χ0n) is 9.98. The van der Waals surface area contributed by atoms with Crippen molar-refractivity contribution >= 4 is 11.9 Å². The number of esters is 2. The fourth-order valence-corrected chi connectivity index (χ4v) is 0.621. The molecule has 0 saturated heterocycles. The molecule has 0 radical (unpaired) electrons. The largest absolute Gasteiger partial charge is 0.466 e. The van der Waals surface area contributed by atoms with E-state index in [9.17, 15) is 9.59 Å². The van der Waals surface area contributed by atoms with Gasteiger partial charge in [-0.2, -0.15) is 5.26 Å². The molecule has 5 nitrogen and oxygen atoms in total. The third kappa shape index (κ3) is 16.6. The molecule has 0 fully saturated rings. The third-order valence-electron chi connectivity index (χ3n) is 1.46.